The Hall–Kier alpha value is -1.51. The van der Waals surface area contributed by atoms with Gasteiger partial charge in [0.25, 0.3) is 0 Å². The van der Waals surface area contributed by atoms with Crippen LogP contribution in [-0.2, 0) is 5.41 Å². The first-order valence-electron chi connectivity index (χ1n) is 4.69. The molecule has 0 unspecified atom stereocenters. The van der Waals surface area contributed by atoms with Crippen molar-refractivity contribution in [3.05, 3.63) is 40.6 Å². The standard InChI is InChI=1S/C11H14N2O/c1-11(2,3)9-7-8-5-4-6-13(8)10(14)12-9/h4-7H,1-3H3,(H,12,14). The Morgan fingerprint density at radius 2 is 2.07 bits per heavy atom. The number of hydrogen-bond donors (Lipinski definition) is 1. The smallest absolute Gasteiger partial charge is 0.310 e. The van der Waals surface area contributed by atoms with Gasteiger partial charge in [0.05, 0.1) is 5.52 Å². The van der Waals surface area contributed by atoms with Crippen LogP contribution in [0.4, 0.5) is 0 Å². The molecule has 2 heterocycles. The second-order valence-electron chi connectivity index (χ2n) is 4.54. The van der Waals surface area contributed by atoms with Crippen LogP contribution in [0.25, 0.3) is 5.52 Å². The van der Waals surface area contributed by atoms with Gasteiger partial charge in [-0.05, 0) is 18.2 Å². The number of nitrogens with zero attached hydrogens (tertiary/aromatic N) is 1. The van der Waals surface area contributed by atoms with Crippen molar-refractivity contribution in [1.29, 1.82) is 0 Å². The van der Waals surface area contributed by atoms with Crippen LogP contribution in [0.1, 0.15) is 26.5 Å². The maximum absolute atomic E-state index is 11.6. The van der Waals surface area contributed by atoms with E-state index >= 15 is 0 Å². The van der Waals surface area contributed by atoms with Crippen LogP contribution >= 0.6 is 0 Å². The van der Waals surface area contributed by atoms with E-state index in [0.717, 1.165) is 11.2 Å². The first-order chi connectivity index (χ1) is 6.48. The van der Waals surface area contributed by atoms with Gasteiger partial charge in [-0.2, -0.15) is 0 Å². The summed E-state index contributed by atoms with van der Waals surface area (Å²) in [5.74, 6) is 0. The van der Waals surface area contributed by atoms with Gasteiger partial charge < -0.3 is 4.98 Å². The highest BCUT2D eigenvalue weighted by Crippen LogP contribution is 2.19. The maximum Gasteiger partial charge on any atom is 0.330 e. The minimum Gasteiger partial charge on any atom is -0.310 e. The molecule has 0 aromatic carbocycles. The van der Waals surface area contributed by atoms with Crippen molar-refractivity contribution in [2.45, 2.75) is 26.2 Å². The lowest BCUT2D eigenvalue weighted by Crippen LogP contribution is -2.23. The Kier molecular flexibility index (Phi) is 1.77. The molecular formula is C11H14N2O. The number of aromatic amines is 1. The third-order valence-corrected chi connectivity index (χ3v) is 2.34. The van der Waals surface area contributed by atoms with E-state index in [2.05, 4.69) is 25.8 Å². The average molecular weight is 190 g/mol. The predicted octanol–water partition coefficient (Wildman–Crippen LogP) is 1.93. The molecule has 3 heteroatoms. The lowest BCUT2D eigenvalue weighted by Gasteiger charge is -2.18. The highest BCUT2D eigenvalue weighted by atomic mass is 16.1. The van der Waals surface area contributed by atoms with E-state index in [1.807, 2.05) is 18.2 Å². The molecule has 0 radical (unpaired) electrons. The molecule has 74 valence electrons. The molecule has 0 bridgehead atoms. The van der Waals surface area contributed by atoms with Gasteiger partial charge in [0.1, 0.15) is 0 Å². The van der Waals surface area contributed by atoms with E-state index in [0.29, 0.717) is 0 Å². The number of nitrogens with one attached hydrogen (secondary N) is 1. The van der Waals surface area contributed by atoms with Gasteiger partial charge in [0.2, 0.25) is 0 Å². The molecule has 3 nitrogen and oxygen atoms in total. The van der Waals surface area contributed by atoms with Crippen molar-refractivity contribution < 1.29 is 0 Å². The number of hydrogen-bond acceptors (Lipinski definition) is 1. The molecular weight excluding hydrogens is 176 g/mol. The zero-order chi connectivity index (χ0) is 10.3. The van der Waals surface area contributed by atoms with Crippen LogP contribution in [-0.4, -0.2) is 9.38 Å². The summed E-state index contributed by atoms with van der Waals surface area (Å²) in [6, 6.07) is 5.82. The van der Waals surface area contributed by atoms with Gasteiger partial charge >= 0.3 is 5.69 Å². The van der Waals surface area contributed by atoms with E-state index in [4.69, 9.17) is 0 Å². The molecule has 2 aromatic heterocycles. The van der Waals surface area contributed by atoms with Gasteiger partial charge in [-0.15, -0.1) is 0 Å². The molecule has 0 fully saturated rings. The van der Waals surface area contributed by atoms with E-state index in [9.17, 15) is 4.79 Å². The largest absolute Gasteiger partial charge is 0.330 e. The molecule has 2 aromatic rings. The Morgan fingerprint density at radius 1 is 1.36 bits per heavy atom. The van der Waals surface area contributed by atoms with Gasteiger partial charge in [0.15, 0.2) is 0 Å². The highest BCUT2D eigenvalue weighted by Gasteiger charge is 2.15. The van der Waals surface area contributed by atoms with Crippen molar-refractivity contribution in [1.82, 2.24) is 9.38 Å². The van der Waals surface area contributed by atoms with Crippen molar-refractivity contribution in [2.75, 3.05) is 0 Å². The first kappa shape index (κ1) is 9.06. The van der Waals surface area contributed by atoms with Gasteiger partial charge in [-0.3, -0.25) is 4.40 Å². The normalized spacial score (nSPS) is 12.2. The van der Waals surface area contributed by atoms with Crippen LogP contribution in [0.15, 0.2) is 29.2 Å². The fraction of sp³-hybridized carbons (Fsp3) is 0.364. The molecule has 0 spiro atoms. The summed E-state index contributed by atoms with van der Waals surface area (Å²) in [6.45, 7) is 6.24. The number of aromatic nitrogens is 2. The van der Waals surface area contributed by atoms with Gasteiger partial charge in [-0.1, -0.05) is 20.8 Å². The number of H-pyrrole nitrogens is 1. The van der Waals surface area contributed by atoms with E-state index in [-0.39, 0.29) is 11.1 Å². The second-order valence-corrected chi connectivity index (χ2v) is 4.54. The Morgan fingerprint density at radius 3 is 2.71 bits per heavy atom. The fourth-order valence-corrected chi connectivity index (χ4v) is 1.46. The molecule has 0 atom stereocenters. The summed E-state index contributed by atoms with van der Waals surface area (Å²) >= 11 is 0. The average Bonchev–Trinajstić information content (AvgIpc) is 2.50. The Labute approximate surface area is 82.4 Å². The maximum atomic E-state index is 11.6. The number of fused-ring (bicyclic) bond motifs is 1. The monoisotopic (exact) mass is 190 g/mol. The van der Waals surface area contributed by atoms with E-state index in [1.165, 1.54) is 0 Å². The van der Waals surface area contributed by atoms with Crippen LogP contribution < -0.4 is 5.69 Å². The summed E-state index contributed by atoms with van der Waals surface area (Å²) in [7, 11) is 0. The summed E-state index contributed by atoms with van der Waals surface area (Å²) in [4.78, 5) is 14.5. The first-order valence-corrected chi connectivity index (χ1v) is 4.69. The lowest BCUT2D eigenvalue weighted by molar-refractivity contribution is 0.564. The second kappa shape index (κ2) is 2.74. The highest BCUT2D eigenvalue weighted by molar-refractivity contribution is 5.48. The van der Waals surface area contributed by atoms with Crippen molar-refractivity contribution in [2.24, 2.45) is 0 Å². The Balaban J connectivity index is 2.77. The summed E-state index contributed by atoms with van der Waals surface area (Å²) in [5.41, 5.74) is 1.82. The van der Waals surface area contributed by atoms with Crippen molar-refractivity contribution in [3.8, 4) is 0 Å². The fourth-order valence-electron chi connectivity index (χ4n) is 1.46. The zero-order valence-corrected chi connectivity index (χ0v) is 8.66. The summed E-state index contributed by atoms with van der Waals surface area (Å²) < 4.78 is 1.61. The number of rotatable bonds is 0. The van der Waals surface area contributed by atoms with Crippen LogP contribution in [0.5, 0.6) is 0 Å². The Bertz CT molecular complexity index is 514. The molecule has 2 rings (SSSR count). The van der Waals surface area contributed by atoms with Crippen molar-refractivity contribution >= 4 is 5.52 Å². The molecule has 1 N–H and O–H groups in total. The van der Waals surface area contributed by atoms with Gasteiger partial charge in [0, 0.05) is 17.3 Å². The molecule has 14 heavy (non-hydrogen) atoms. The quantitative estimate of drug-likeness (QED) is 0.677. The molecule has 0 aliphatic heterocycles. The molecule has 0 saturated carbocycles. The zero-order valence-electron chi connectivity index (χ0n) is 8.66. The van der Waals surface area contributed by atoms with Crippen LogP contribution in [0.3, 0.4) is 0 Å². The summed E-state index contributed by atoms with van der Waals surface area (Å²) in [5, 5.41) is 0. The minimum atomic E-state index is -0.0718. The van der Waals surface area contributed by atoms with Crippen LogP contribution in [0.2, 0.25) is 0 Å². The third-order valence-electron chi connectivity index (χ3n) is 2.34. The lowest BCUT2D eigenvalue weighted by atomic mass is 9.92. The summed E-state index contributed by atoms with van der Waals surface area (Å²) in [6.07, 6.45) is 1.76. The topological polar surface area (TPSA) is 37.3 Å². The van der Waals surface area contributed by atoms with E-state index < -0.39 is 0 Å². The molecule has 0 saturated heterocycles. The predicted molar refractivity (Wildman–Crippen MR) is 56.7 cm³/mol. The molecule has 0 amide bonds. The third kappa shape index (κ3) is 1.35. The minimum absolute atomic E-state index is 0.0226. The van der Waals surface area contributed by atoms with Crippen LogP contribution in [0, 0.1) is 0 Å². The SMILES string of the molecule is CC(C)(C)c1cc2cccn2c(=O)[nH]1. The molecule has 0 aliphatic rings. The van der Waals surface area contributed by atoms with Crippen molar-refractivity contribution in [3.63, 3.8) is 0 Å². The molecule has 0 aliphatic carbocycles. The van der Waals surface area contributed by atoms with E-state index in [1.54, 1.807) is 10.6 Å². The van der Waals surface area contributed by atoms with Gasteiger partial charge in [-0.25, -0.2) is 4.79 Å².